The number of ether oxygens (including phenoxy) is 1. The summed E-state index contributed by atoms with van der Waals surface area (Å²) in [6.45, 7) is 0.942. The van der Waals surface area contributed by atoms with Crippen LogP contribution in [-0.2, 0) is 9.53 Å². The number of carbonyl (C=O) groups excluding carboxylic acids is 2. The summed E-state index contributed by atoms with van der Waals surface area (Å²) >= 11 is 1.08. The van der Waals surface area contributed by atoms with Gasteiger partial charge in [-0.25, -0.2) is 18.6 Å². The van der Waals surface area contributed by atoms with Gasteiger partial charge < -0.3 is 10.1 Å². The first kappa shape index (κ1) is 18.6. The predicted octanol–water partition coefficient (Wildman–Crippen LogP) is 3.59. The van der Waals surface area contributed by atoms with Gasteiger partial charge in [0.15, 0.2) is 6.61 Å². The molecule has 3 aromatic rings. The highest BCUT2D eigenvalue weighted by atomic mass is 32.1. The summed E-state index contributed by atoms with van der Waals surface area (Å²) in [6, 6.07) is 8.49. The van der Waals surface area contributed by atoms with Gasteiger partial charge in [-0.1, -0.05) is 12.1 Å². The Bertz CT molecular complexity index is 973. The van der Waals surface area contributed by atoms with E-state index in [0.717, 1.165) is 23.5 Å². The zero-order valence-electron chi connectivity index (χ0n) is 14.0. The number of halogens is 2. The van der Waals surface area contributed by atoms with Gasteiger partial charge in [0.2, 0.25) is 0 Å². The van der Waals surface area contributed by atoms with E-state index in [9.17, 15) is 18.4 Å². The molecule has 0 bridgehead atoms. The third-order valence-electron chi connectivity index (χ3n) is 3.43. The zero-order chi connectivity index (χ0) is 19.4. The van der Waals surface area contributed by atoms with Crippen molar-refractivity contribution < 1.29 is 23.1 Å². The molecule has 3 rings (SSSR count). The molecule has 0 aliphatic heterocycles. The van der Waals surface area contributed by atoms with Crippen LogP contribution >= 0.6 is 11.3 Å². The first-order valence-corrected chi connectivity index (χ1v) is 8.57. The number of thiazole rings is 1. The highest BCUT2D eigenvalue weighted by Crippen LogP contribution is 2.27. The Hall–Kier alpha value is -3.20. The zero-order valence-corrected chi connectivity index (χ0v) is 14.8. The van der Waals surface area contributed by atoms with Gasteiger partial charge in [0.05, 0.1) is 11.4 Å². The molecule has 0 spiro atoms. The number of amides is 1. The Labute approximate surface area is 156 Å². The molecule has 1 aromatic carbocycles. The topological polar surface area (TPSA) is 81.2 Å². The van der Waals surface area contributed by atoms with Crippen LogP contribution < -0.4 is 5.32 Å². The van der Waals surface area contributed by atoms with E-state index < -0.39 is 35.8 Å². The Morgan fingerprint density at radius 3 is 2.56 bits per heavy atom. The first-order chi connectivity index (χ1) is 13.0. The number of hydrogen-bond donors (Lipinski definition) is 1. The van der Waals surface area contributed by atoms with Crippen molar-refractivity contribution in [2.45, 2.75) is 6.92 Å². The Balaban J connectivity index is 1.64. The molecule has 0 radical (unpaired) electrons. The molecule has 2 heterocycles. The SMILES string of the molecule is Cc1nc(-c2ccccn2)sc1C(=O)OCC(=O)Nc1c(F)cccc1F. The second kappa shape index (κ2) is 8.00. The Kier molecular flexibility index (Phi) is 5.51. The molecule has 0 unspecified atom stereocenters. The number of para-hydroxylation sites is 1. The molecule has 0 saturated heterocycles. The van der Waals surface area contributed by atoms with Crippen molar-refractivity contribution in [2.24, 2.45) is 0 Å². The van der Waals surface area contributed by atoms with Crippen LogP contribution in [0, 0.1) is 18.6 Å². The smallest absolute Gasteiger partial charge is 0.350 e. The number of rotatable bonds is 5. The summed E-state index contributed by atoms with van der Waals surface area (Å²) < 4.78 is 32.0. The molecular weight excluding hydrogens is 376 g/mol. The van der Waals surface area contributed by atoms with Gasteiger partial charge in [-0.2, -0.15) is 0 Å². The third kappa shape index (κ3) is 4.32. The summed E-state index contributed by atoms with van der Waals surface area (Å²) in [5, 5.41) is 2.58. The lowest BCUT2D eigenvalue weighted by atomic mass is 10.3. The van der Waals surface area contributed by atoms with Crippen molar-refractivity contribution in [3.8, 4) is 10.7 Å². The van der Waals surface area contributed by atoms with Gasteiger partial charge in [0.25, 0.3) is 5.91 Å². The summed E-state index contributed by atoms with van der Waals surface area (Å²) in [7, 11) is 0. The lowest BCUT2D eigenvalue weighted by molar-refractivity contribution is -0.119. The first-order valence-electron chi connectivity index (χ1n) is 7.75. The highest BCUT2D eigenvalue weighted by molar-refractivity contribution is 7.17. The lowest BCUT2D eigenvalue weighted by Gasteiger charge is -2.07. The lowest BCUT2D eigenvalue weighted by Crippen LogP contribution is -2.22. The number of esters is 1. The van der Waals surface area contributed by atoms with E-state index in [1.165, 1.54) is 6.07 Å². The van der Waals surface area contributed by atoms with Crippen LogP contribution in [0.25, 0.3) is 10.7 Å². The number of nitrogens with one attached hydrogen (secondary N) is 1. The van der Waals surface area contributed by atoms with Gasteiger partial charge in [-0.3, -0.25) is 9.78 Å². The van der Waals surface area contributed by atoms with Crippen LogP contribution in [0.3, 0.4) is 0 Å². The van der Waals surface area contributed by atoms with Gasteiger partial charge >= 0.3 is 5.97 Å². The van der Waals surface area contributed by atoms with Crippen molar-refractivity contribution in [1.82, 2.24) is 9.97 Å². The number of nitrogens with zero attached hydrogens (tertiary/aromatic N) is 2. The van der Waals surface area contributed by atoms with Gasteiger partial charge in [0.1, 0.15) is 27.2 Å². The standard InChI is InChI=1S/C18H13F2N3O3S/c1-10-16(27-17(22-10)13-7-2-3-8-21-13)18(25)26-9-14(24)23-15-11(19)5-4-6-12(15)20/h2-8H,9H2,1H3,(H,23,24). The maximum absolute atomic E-state index is 13.5. The van der Waals surface area contributed by atoms with Crippen LogP contribution in [0.5, 0.6) is 0 Å². The molecule has 138 valence electrons. The minimum Gasteiger partial charge on any atom is -0.451 e. The fourth-order valence-electron chi connectivity index (χ4n) is 2.17. The molecule has 6 nitrogen and oxygen atoms in total. The highest BCUT2D eigenvalue weighted by Gasteiger charge is 2.20. The number of pyridine rings is 1. The normalized spacial score (nSPS) is 10.5. The van der Waals surface area contributed by atoms with Gasteiger partial charge in [-0.05, 0) is 31.2 Å². The Morgan fingerprint density at radius 1 is 1.15 bits per heavy atom. The number of hydrogen-bond acceptors (Lipinski definition) is 6. The van der Waals surface area contributed by atoms with Crippen molar-refractivity contribution in [2.75, 3.05) is 11.9 Å². The molecule has 0 aliphatic carbocycles. The van der Waals surface area contributed by atoms with Crippen LogP contribution in [0.15, 0.2) is 42.6 Å². The summed E-state index contributed by atoms with van der Waals surface area (Å²) in [5.74, 6) is -3.46. The predicted molar refractivity (Wildman–Crippen MR) is 95.4 cm³/mol. The fraction of sp³-hybridized carbons (Fsp3) is 0.111. The second-order valence-electron chi connectivity index (χ2n) is 5.37. The number of aryl methyl sites for hydroxylation is 1. The van der Waals surface area contributed by atoms with Crippen molar-refractivity contribution in [3.05, 3.63) is 64.8 Å². The van der Waals surface area contributed by atoms with E-state index in [4.69, 9.17) is 4.74 Å². The average Bonchev–Trinajstić information content (AvgIpc) is 3.05. The number of benzene rings is 1. The van der Waals surface area contributed by atoms with Crippen LogP contribution in [0.2, 0.25) is 0 Å². The summed E-state index contributed by atoms with van der Waals surface area (Å²) in [5.41, 5.74) is 0.452. The van der Waals surface area contributed by atoms with Crippen LogP contribution in [0.4, 0.5) is 14.5 Å². The molecule has 27 heavy (non-hydrogen) atoms. The molecular formula is C18H13F2N3O3S. The second-order valence-corrected chi connectivity index (χ2v) is 6.37. The van der Waals surface area contributed by atoms with E-state index in [1.54, 1.807) is 31.3 Å². The van der Waals surface area contributed by atoms with Crippen LogP contribution in [0.1, 0.15) is 15.4 Å². The molecule has 0 atom stereocenters. The molecule has 0 aliphatic rings. The minimum atomic E-state index is -0.923. The van der Waals surface area contributed by atoms with Crippen molar-refractivity contribution >= 4 is 28.9 Å². The van der Waals surface area contributed by atoms with E-state index in [2.05, 4.69) is 9.97 Å². The molecule has 2 aromatic heterocycles. The van der Waals surface area contributed by atoms with Crippen LogP contribution in [-0.4, -0.2) is 28.5 Å². The number of anilines is 1. The quantitative estimate of drug-likeness (QED) is 0.675. The molecule has 9 heteroatoms. The monoisotopic (exact) mass is 389 g/mol. The Morgan fingerprint density at radius 2 is 1.89 bits per heavy atom. The average molecular weight is 389 g/mol. The molecule has 1 N–H and O–H groups in total. The van der Waals surface area contributed by atoms with E-state index >= 15 is 0 Å². The summed E-state index contributed by atoms with van der Waals surface area (Å²) in [6.07, 6.45) is 1.61. The van der Waals surface area contributed by atoms with Gasteiger partial charge in [0, 0.05) is 6.20 Å². The maximum atomic E-state index is 13.5. The van der Waals surface area contributed by atoms with Crippen molar-refractivity contribution in [1.29, 1.82) is 0 Å². The van der Waals surface area contributed by atoms with E-state index in [1.807, 2.05) is 5.32 Å². The van der Waals surface area contributed by atoms with E-state index in [0.29, 0.717) is 16.4 Å². The number of aromatic nitrogens is 2. The minimum absolute atomic E-state index is 0.223. The van der Waals surface area contributed by atoms with E-state index in [-0.39, 0.29) is 4.88 Å². The van der Waals surface area contributed by atoms with Gasteiger partial charge in [-0.15, -0.1) is 11.3 Å². The molecule has 1 amide bonds. The molecule has 0 fully saturated rings. The maximum Gasteiger partial charge on any atom is 0.350 e. The van der Waals surface area contributed by atoms with Crippen molar-refractivity contribution in [3.63, 3.8) is 0 Å². The summed E-state index contributed by atoms with van der Waals surface area (Å²) in [4.78, 5) is 32.7. The molecule has 0 saturated carbocycles. The third-order valence-corrected chi connectivity index (χ3v) is 4.59. The number of carbonyl (C=O) groups is 2. The largest absolute Gasteiger partial charge is 0.451 e. The fourth-order valence-corrected chi connectivity index (χ4v) is 3.11.